The molecule has 8 nitrogen and oxygen atoms in total. The zero-order valence-corrected chi connectivity index (χ0v) is 15.9. The average molecular weight is 359 g/mol. The fourth-order valence-corrected chi connectivity index (χ4v) is 2.72. The maximum absolute atomic E-state index is 11.9. The predicted octanol–water partition coefficient (Wildman–Crippen LogP) is 2.52. The predicted molar refractivity (Wildman–Crippen MR) is 95.4 cm³/mol. The van der Waals surface area contributed by atoms with Gasteiger partial charge in [0.15, 0.2) is 5.82 Å². The fourth-order valence-electron chi connectivity index (χ4n) is 2.72. The van der Waals surface area contributed by atoms with Crippen LogP contribution in [0.1, 0.15) is 32.2 Å². The number of hydrogen-bond donors (Lipinski definition) is 0. The zero-order valence-electron chi connectivity index (χ0n) is 15.9. The molecule has 0 unspecified atom stereocenters. The first-order chi connectivity index (χ1) is 12.2. The van der Waals surface area contributed by atoms with Gasteiger partial charge in [0.25, 0.3) is 0 Å². The topological polar surface area (TPSA) is 82.4 Å². The molecule has 1 aliphatic rings. The summed E-state index contributed by atoms with van der Waals surface area (Å²) in [5.41, 5.74) is 1.47. The minimum atomic E-state index is -0.471. The number of carbonyl (C=O) groups is 1. The Morgan fingerprint density at radius 2 is 1.96 bits per heavy atom. The number of ether oxygens (including phenoxy) is 2. The molecule has 0 atom stereocenters. The van der Waals surface area contributed by atoms with E-state index in [1.165, 1.54) is 0 Å². The highest BCUT2D eigenvalue weighted by Gasteiger charge is 2.34. The lowest BCUT2D eigenvalue weighted by molar-refractivity contribution is -0.00813. The van der Waals surface area contributed by atoms with Crippen molar-refractivity contribution >= 4 is 6.09 Å². The van der Waals surface area contributed by atoms with Gasteiger partial charge in [0, 0.05) is 30.8 Å². The summed E-state index contributed by atoms with van der Waals surface area (Å²) in [7, 11) is 0. The Bertz CT molecular complexity index is 773. The summed E-state index contributed by atoms with van der Waals surface area (Å²) in [6.45, 7) is 11.2. The van der Waals surface area contributed by atoms with Crippen LogP contribution in [0.2, 0.25) is 0 Å². The highest BCUT2D eigenvalue weighted by molar-refractivity contribution is 5.69. The Labute approximate surface area is 153 Å². The van der Waals surface area contributed by atoms with E-state index in [-0.39, 0.29) is 12.0 Å². The molecule has 3 rings (SSSR count). The summed E-state index contributed by atoms with van der Waals surface area (Å²) >= 11 is 0. The SMILES string of the molecule is Cc1cc(C)n(-c2ccc(OCC3CN(C(=O)OC(C)(C)C)C3)nn2)n1. The van der Waals surface area contributed by atoms with Gasteiger partial charge in [-0.25, -0.2) is 9.48 Å². The molecule has 2 aromatic heterocycles. The fraction of sp³-hybridized carbons (Fsp3) is 0.556. The lowest BCUT2D eigenvalue weighted by Gasteiger charge is -2.39. The van der Waals surface area contributed by atoms with Gasteiger partial charge in [0.05, 0.1) is 12.3 Å². The first kappa shape index (κ1) is 18.2. The van der Waals surface area contributed by atoms with Crippen molar-refractivity contribution in [3.05, 3.63) is 29.6 Å². The van der Waals surface area contributed by atoms with E-state index in [0.29, 0.717) is 31.4 Å². The average Bonchev–Trinajstić information content (AvgIpc) is 2.83. The third-order valence-corrected chi connectivity index (χ3v) is 3.93. The van der Waals surface area contributed by atoms with E-state index in [1.807, 2.05) is 46.8 Å². The van der Waals surface area contributed by atoms with Crippen molar-refractivity contribution in [1.82, 2.24) is 24.9 Å². The highest BCUT2D eigenvalue weighted by Crippen LogP contribution is 2.20. The van der Waals surface area contributed by atoms with Gasteiger partial charge in [0.2, 0.25) is 5.88 Å². The number of carbonyl (C=O) groups excluding carboxylic acids is 1. The van der Waals surface area contributed by atoms with E-state index in [4.69, 9.17) is 9.47 Å². The van der Waals surface area contributed by atoms with Gasteiger partial charge in [-0.1, -0.05) is 0 Å². The van der Waals surface area contributed by atoms with E-state index in [9.17, 15) is 4.79 Å². The molecule has 0 aliphatic carbocycles. The zero-order chi connectivity index (χ0) is 18.9. The standard InChI is InChI=1S/C18H25N5O3/c1-12-8-13(2)23(21-12)15-6-7-16(20-19-15)25-11-14-9-22(10-14)17(24)26-18(3,4)5/h6-8,14H,9-11H2,1-5H3. The summed E-state index contributed by atoms with van der Waals surface area (Å²) in [4.78, 5) is 13.6. The van der Waals surface area contributed by atoms with Crippen LogP contribution in [0, 0.1) is 19.8 Å². The largest absolute Gasteiger partial charge is 0.476 e. The van der Waals surface area contributed by atoms with Crippen LogP contribution in [0.15, 0.2) is 18.2 Å². The summed E-state index contributed by atoms with van der Waals surface area (Å²) < 4.78 is 12.8. The second-order valence-corrected chi connectivity index (χ2v) is 7.63. The molecular weight excluding hydrogens is 334 g/mol. The number of likely N-dealkylation sites (tertiary alicyclic amines) is 1. The van der Waals surface area contributed by atoms with Crippen molar-refractivity contribution in [2.24, 2.45) is 5.92 Å². The van der Waals surface area contributed by atoms with Crippen molar-refractivity contribution in [1.29, 1.82) is 0 Å². The molecule has 0 spiro atoms. The number of hydrogen-bond acceptors (Lipinski definition) is 6. The number of aryl methyl sites for hydroxylation is 2. The van der Waals surface area contributed by atoms with Crippen LogP contribution in [0.25, 0.3) is 5.82 Å². The van der Waals surface area contributed by atoms with Crippen LogP contribution >= 0.6 is 0 Å². The van der Waals surface area contributed by atoms with E-state index in [2.05, 4.69) is 15.3 Å². The molecule has 0 bridgehead atoms. The van der Waals surface area contributed by atoms with Crippen molar-refractivity contribution in [2.75, 3.05) is 19.7 Å². The van der Waals surface area contributed by atoms with E-state index in [0.717, 1.165) is 11.4 Å². The molecule has 3 heterocycles. The van der Waals surface area contributed by atoms with Gasteiger partial charge in [-0.15, -0.1) is 10.2 Å². The van der Waals surface area contributed by atoms with Gasteiger partial charge in [-0.2, -0.15) is 5.10 Å². The number of aromatic nitrogens is 4. The Hall–Kier alpha value is -2.64. The van der Waals surface area contributed by atoms with Crippen LogP contribution in [0.4, 0.5) is 4.79 Å². The Morgan fingerprint density at radius 3 is 2.50 bits per heavy atom. The maximum atomic E-state index is 11.9. The second kappa shape index (κ2) is 6.93. The van der Waals surface area contributed by atoms with Gasteiger partial charge in [0.1, 0.15) is 5.60 Å². The third-order valence-electron chi connectivity index (χ3n) is 3.93. The van der Waals surface area contributed by atoms with Crippen LogP contribution in [0.3, 0.4) is 0 Å². The van der Waals surface area contributed by atoms with Gasteiger partial charge in [-0.05, 0) is 46.8 Å². The van der Waals surface area contributed by atoms with E-state index < -0.39 is 5.60 Å². The van der Waals surface area contributed by atoms with E-state index in [1.54, 1.807) is 15.6 Å². The molecule has 1 saturated heterocycles. The molecule has 1 amide bonds. The van der Waals surface area contributed by atoms with Crippen molar-refractivity contribution < 1.29 is 14.3 Å². The molecule has 140 valence electrons. The molecule has 0 saturated carbocycles. The number of amides is 1. The van der Waals surface area contributed by atoms with Crippen molar-refractivity contribution in [3.63, 3.8) is 0 Å². The quantitative estimate of drug-likeness (QED) is 0.834. The van der Waals surface area contributed by atoms with Crippen LogP contribution < -0.4 is 4.74 Å². The lowest BCUT2D eigenvalue weighted by Crippen LogP contribution is -2.53. The first-order valence-electron chi connectivity index (χ1n) is 8.69. The smallest absolute Gasteiger partial charge is 0.410 e. The molecule has 8 heteroatoms. The molecule has 2 aromatic rings. The second-order valence-electron chi connectivity index (χ2n) is 7.63. The first-order valence-corrected chi connectivity index (χ1v) is 8.69. The Morgan fingerprint density at radius 1 is 1.23 bits per heavy atom. The summed E-state index contributed by atoms with van der Waals surface area (Å²) in [6, 6.07) is 5.59. The van der Waals surface area contributed by atoms with Crippen molar-refractivity contribution in [2.45, 2.75) is 40.2 Å². The Kier molecular flexibility index (Phi) is 4.84. The van der Waals surface area contributed by atoms with Crippen molar-refractivity contribution in [3.8, 4) is 11.7 Å². The third kappa shape index (κ3) is 4.30. The monoisotopic (exact) mass is 359 g/mol. The molecule has 1 fully saturated rings. The summed E-state index contributed by atoms with van der Waals surface area (Å²) in [6.07, 6.45) is -0.275. The molecule has 26 heavy (non-hydrogen) atoms. The van der Waals surface area contributed by atoms with Gasteiger partial charge >= 0.3 is 6.09 Å². The summed E-state index contributed by atoms with van der Waals surface area (Å²) in [5, 5.41) is 12.7. The van der Waals surface area contributed by atoms with Gasteiger partial charge < -0.3 is 14.4 Å². The maximum Gasteiger partial charge on any atom is 0.410 e. The minimum Gasteiger partial charge on any atom is -0.476 e. The highest BCUT2D eigenvalue weighted by atomic mass is 16.6. The Balaban J connectivity index is 1.47. The van der Waals surface area contributed by atoms with Crippen LogP contribution in [0.5, 0.6) is 5.88 Å². The lowest BCUT2D eigenvalue weighted by atomic mass is 10.0. The van der Waals surface area contributed by atoms with Crippen LogP contribution in [-0.4, -0.2) is 56.3 Å². The normalized spacial score (nSPS) is 14.9. The summed E-state index contributed by atoms with van der Waals surface area (Å²) in [5.74, 6) is 1.40. The molecule has 0 radical (unpaired) electrons. The molecule has 1 aliphatic heterocycles. The number of nitrogens with zero attached hydrogens (tertiary/aromatic N) is 5. The van der Waals surface area contributed by atoms with E-state index >= 15 is 0 Å². The molecule has 0 N–H and O–H groups in total. The van der Waals surface area contributed by atoms with Crippen LogP contribution in [-0.2, 0) is 4.74 Å². The van der Waals surface area contributed by atoms with Gasteiger partial charge in [-0.3, -0.25) is 0 Å². The molecule has 0 aromatic carbocycles. The minimum absolute atomic E-state index is 0.275. The number of rotatable bonds is 4. The molecular formula is C18H25N5O3.